The Hall–Kier alpha value is -3.12. The summed E-state index contributed by atoms with van der Waals surface area (Å²) in [5, 5.41) is 7.34. The maximum absolute atomic E-state index is 3.60. The first-order valence-corrected chi connectivity index (χ1v) is 8.13. The first-order chi connectivity index (χ1) is 11.9. The zero-order valence-corrected chi connectivity index (χ0v) is 13.1. The van der Waals surface area contributed by atoms with E-state index in [1.165, 1.54) is 26.9 Å². The molecule has 5 aromatic rings. The van der Waals surface area contributed by atoms with Crippen molar-refractivity contribution in [1.29, 1.82) is 0 Å². The maximum atomic E-state index is 3.60. The quantitative estimate of drug-likeness (QED) is 0.314. The highest BCUT2D eigenvalue weighted by Gasteiger charge is 2.06. The predicted molar refractivity (Wildman–Crippen MR) is 102 cm³/mol. The molecule has 0 aromatic heterocycles. The Morgan fingerprint density at radius 1 is 0.583 bits per heavy atom. The van der Waals surface area contributed by atoms with Crippen LogP contribution >= 0.6 is 0 Å². The molecule has 0 saturated heterocycles. The largest absolute Gasteiger partial charge is 0.0616 e. The van der Waals surface area contributed by atoms with Gasteiger partial charge >= 0.3 is 0 Å². The third-order valence-electron chi connectivity index (χ3n) is 4.61. The Labute approximate surface area is 141 Å². The van der Waals surface area contributed by atoms with Gasteiger partial charge in [0.1, 0.15) is 0 Å². The zero-order chi connectivity index (χ0) is 15.9. The topological polar surface area (TPSA) is 0 Å². The van der Waals surface area contributed by atoms with Gasteiger partial charge in [-0.1, -0.05) is 72.8 Å². The van der Waals surface area contributed by atoms with Crippen molar-refractivity contribution in [2.45, 2.75) is 0 Å². The van der Waals surface area contributed by atoms with E-state index in [-0.39, 0.29) is 0 Å². The molecule has 0 atom stereocenters. The number of rotatable bonds is 1. The van der Waals surface area contributed by atoms with Crippen molar-refractivity contribution in [3.8, 4) is 11.1 Å². The van der Waals surface area contributed by atoms with Crippen molar-refractivity contribution in [3.63, 3.8) is 0 Å². The number of hydrogen-bond acceptors (Lipinski definition) is 0. The van der Waals surface area contributed by atoms with Crippen LogP contribution in [-0.2, 0) is 0 Å². The highest BCUT2D eigenvalue weighted by atomic mass is 14.1. The number of hydrogen-bond donors (Lipinski definition) is 0. The van der Waals surface area contributed by atoms with Crippen molar-refractivity contribution in [2.75, 3.05) is 0 Å². The van der Waals surface area contributed by atoms with Gasteiger partial charge in [-0.25, -0.2) is 0 Å². The Balaban J connectivity index is 1.78. The molecular weight excluding hydrogens is 288 g/mol. The molecule has 0 saturated carbocycles. The van der Waals surface area contributed by atoms with Crippen LogP contribution < -0.4 is 0 Å². The first kappa shape index (κ1) is 13.3. The Kier molecular flexibility index (Phi) is 2.89. The summed E-state index contributed by atoms with van der Waals surface area (Å²) in [6.07, 6.45) is 0. The highest BCUT2D eigenvalue weighted by molar-refractivity contribution is 6.02. The summed E-state index contributed by atoms with van der Waals surface area (Å²) >= 11 is 0. The van der Waals surface area contributed by atoms with Crippen LogP contribution in [0.25, 0.3) is 43.4 Å². The van der Waals surface area contributed by atoms with Gasteiger partial charge in [0.15, 0.2) is 0 Å². The van der Waals surface area contributed by atoms with Crippen LogP contribution in [0, 0.1) is 12.1 Å². The first-order valence-electron chi connectivity index (χ1n) is 8.13. The summed E-state index contributed by atoms with van der Waals surface area (Å²) in [5.74, 6) is 0. The van der Waals surface area contributed by atoms with E-state index >= 15 is 0 Å². The number of benzene rings is 5. The minimum absolute atomic E-state index is 1.09. The van der Waals surface area contributed by atoms with Gasteiger partial charge in [0.05, 0.1) is 0 Å². The summed E-state index contributed by atoms with van der Waals surface area (Å²) < 4.78 is 0. The third kappa shape index (κ3) is 2.08. The third-order valence-corrected chi connectivity index (χ3v) is 4.61. The van der Waals surface area contributed by atoms with E-state index in [1.807, 2.05) is 6.07 Å². The van der Waals surface area contributed by atoms with E-state index in [9.17, 15) is 0 Å². The second-order valence-electron chi connectivity index (χ2n) is 6.10. The lowest BCUT2D eigenvalue weighted by Gasteiger charge is -2.08. The standard InChI is InChI=1S/C24H14/c1-2-8-19-15-22-16-21(13-12-20(22)14-18(19)7-1)24-11-5-9-17-6-3-4-10-23(17)24/h1-10,12-15H. The molecule has 24 heavy (non-hydrogen) atoms. The molecule has 0 nitrogen and oxygen atoms in total. The van der Waals surface area contributed by atoms with Crippen LogP contribution in [0.2, 0.25) is 0 Å². The van der Waals surface area contributed by atoms with Gasteiger partial charge in [0.2, 0.25) is 0 Å². The normalized spacial score (nSPS) is 11.3. The van der Waals surface area contributed by atoms with Gasteiger partial charge < -0.3 is 0 Å². The smallest absolute Gasteiger partial charge is 0.00137 e. The van der Waals surface area contributed by atoms with Crippen molar-refractivity contribution in [1.82, 2.24) is 0 Å². The highest BCUT2D eigenvalue weighted by Crippen LogP contribution is 2.31. The molecule has 0 aliphatic carbocycles. The molecule has 5 aromatic carbocycles. The second-order valence-corrected chi connectivity index (χ2v) is 6.10. The van der Waals surface area contributed by atoms with E-state index in [1.54, 1.807) is 0 Å². The van der Waals surface area contributed by atoms with Crippen molar-refractivity contribution in [3.05, 3.63) is 97.1 Å². The Morgan fingerprint density at radius 3 is 2.21 bits per heavy atom. The van der Waals surface area contributed by atoms with Crippen LogP contribution in [0.3, 0.4) is 0 Å². The molecular formula is C24H14. The van der Waals surface area contributed by atoms with Gasteiger partial charge in [-0.05, 0) is 67.7 Å². The van der Waals surface area contributed by atoms with E-state index < -0.39 is 0 Å². The fourth-order valence-electron chi connectivity index (χ4n) is 3.40. The molecule has 0 unspecified atom stereocenters. The van der Waals surface area contributed by atoms with Crippen LogP contribution in [0.1, 0.15) is 0 Å². The second kappa shape index (κ2) is 5.21. The van der Waals surface area contributed by atoms with Crippen molar-refractivity contribution in [2.24, 2.45) is 0 Å². The monoisotopic (exact) mass is 302 g/mol. The average molecular weight is 302 g/mol. The van der Waals surface area contributed by atoms with Crippen LogP contribution in [0.15, 0.2) is 84.9 Å². The average Bonchev–Trinajstić information content (AvgIpc) is 2.65. The lowest BCUT2D eigenvalue weighted by molar-refractivity contribution is 1.67. The molecule has 110 valence electrons. The fraction of sp³-hybridized carbons (Fsp3) is 0. The molecule has 0 bridgehead atoms. The number of fused-ring (bicyclic) bond motifs is 3. The van der Waals surface area contributed by atoms with Gasteiger partial charge in [-0.15, -0.1) is 0 Å². The molecule has 0 aliphatic rings. The van der Waals surface area contributed by atoms with Crippen LogP contribution in [0.5, 0.6) is 0 Å². The van der Waals surface area contributed by atoms with Crippen molar-refractivity contribution < 1.29 is 0 Å². The summed E-state index contributed by atoms with van der Waals surface area (Å²) in [6, 6.07) is 36.8. The summed E-state index contributed by atoms with van der Waals surface area (Å²) in [4.78, 5) is 0. The van der Waals surface area contributed by atoms with E-state index in [4.69, 9.17) is 0 Å². The summed E-state index contributed by atoms with van der Waals surface area (Å²) in [5.41, 5.74) is 2.21. The van der Waals surface area contributed by atoms with Crippen LogP contribution in [-0.4, -0.2) is 0 Å². The van der Waals surface area contributed by atoms with E-state index in [0.717, 1.165) is 16.5 Å². The minimum Gasteiger partial charge on any atom is -0.0616 e. The summed E-state index contributed by atoms with van der Waals surface area (Å²) in [7, 11) is 0. The van der Waals surface area contributed by atoms with Gasteiger partial charge in [-0.2, -0.15) is 0 Å². The SMILES string of the molecule is [c]1ccc2ccccc2c1-c1[c]c2cc3ccccc3cc2cc1. The van der Waals surface area contributed by atoms with Gasteiger partial charge in [-0.3, -0.25) is 0 Å². The molecule has 0 spiro atoms. The van der Waals surface area contributed by atoms with Crippen molar-refractivity contribution >= 4 is 32.3 Å². The maximum Gasteiger partial charge on any atom is -0.00137 e. The molecule has 0 amide bonds. The molecule has 0 aliphatic heterocycles. The Bertz CT molecular complexity index is 1190. The molecule has 0 heterocycles. The van der Waals surface area contributed by atoms with Gasteiger partial charge in [0.25, 0.3) is 0 Å². The van der Waals surface area contributed by atoms with Gasteiger partial charge in [0, 0.05) is 0 Å². The molecule has 2 radical (unpaired) electrons. The summed E-state index contributed by atoms with van der Waals surface area (Å²) in [6.45, 7) is 0. The fourth-order valence-corrected chi connectivity index (χ4v) is 3.40. The Morgan fingerprint density at radius 2 is 1.33 bits per heavy atom. The lowest BCUT2D eigenvalue weighted by Crippen LogP contribution is -1.83. The van der Waals surface area contributed by atoms with E-state index in [2.05, 4.69) is 91.0 Å². The molecule has 5 rings (SSSR count). The van der Waals surface area contributed by atoms with E-state index in [0.29, 0.717) is 0 Å². The molecule has 0 fully saturated rings. The zero-order valence-electron chi connectivity index (χ0n) is 13.1. The predicted octanol–water partition coefficient (Wildman–Crippen LogP) is 6.41. The molecule has 0 heteroatoms. The van der Waals surface area contributed by atoms with Crippen LogP contribution in [0.4, 0.5) is 0 Å². The lowest BCUT2D eigenvalue weighted by atomic mass is 9.95. The molecule has 0 N–H and O–H groups in total. The minimum atomic E-state index is 1.09.